The van der Waals surface area contributed by atoms with Crippen molar-refractivity contribution in [3.8, 4) is 0 Å². The van der Waals surface area contributed by atoms with Crippen molar-refractivity contribution in [1.29, 1.82) is 0 Å². The Labute approximate surface area is 124 Å². The lowest BCUT2D eigenvalue weighted by atomic mass is 9.86. The van der Waals surface area contributed by atoms with E-state index < -0.39 is 12.6 Å². The van der Waals surface area contributed by atoms with E-state index in [1.807, 2.05) is 6.92 Å². The Morgan fingerprint density at radius 3 is 2.57 bits per heavy atom. The number of hydrogen-bond donors (Lipinski definition) is 2. The van der Waals surface area contributed by atoms with Crippen LogP contribution in [0.25, 0.3) is 0 Å². The molecule has 3 nitrogen and oxygen atoms in total. The van der Waals surface area contributed by atoms with Crippen LogP contribution in [0.5, 0.6) is 0 Å². The summed E-state index contributed by atoms with van der Waals surface area (Å²) in [6, 6.07) is 0. The summed E-state index contributed by atoms with van der Waals surface area (Å²) < 4.78 is 36.4. The monoisotopic (exact) mass is 305 g/mol. The maximum absolute atomic E-state index is 12.1. The predicted molar refractivity (Wildman–Crippen MR) is 78.2 cm³/mol. The van der Waals surface area contributed by atoms with Gasteiger partial charge in [-0.15, -0.1) is 0 Å². The largest absolute Gasteiger partial charge is 0.390 e. The SMILES string of the molecule is CCNC(=NCCC1CC2CCC1C2)NCCC(F)(F)F. The molecule has 0 aliphatic heterocycles. The fraction of sp³-hybridized carbons (Fsp3) is 0.933. The van der Waals surface area contributed by atoms with Crippen molar-refractivity contribution >= 4 is 5.96 Å². The summed E-state index contributed by atoms with van der Waals surface area (Å²) in [6.45, 7) is 3.15. The van der Waals surface area contributed by atoms with E-state index in [1.165, 1.54) is 25.7 Å². The minimum atomic E-state index is -4.12. The smallest absolute Gasteiger partial charge is 0.357 e. The highest BCUT2D eigenvalue weighted by molar-refractivity contribution is 5.79. The molecule has 0 heterocycles. The summed E-state index contributed by atoms with van der Waals surface area (Å²) in [5, 5.41) is 5.76. The van der Waals surface area contributed by atoms with E-state index in [1.54, 1.807) is 0 Å². The molecule has 2 aliphatic rings. The molecule has 2 bridgehead atoms. The van der Waals surface area contributed by atoms with Gasteiger partial charge in [0.1, 0.15) is 0 Å². The van der Waals surface area contributed by atoms with Gasteiger partial charge in [0, 0.05) is 19.6 Å². The highest BCUT2D eigenvalue weighted by Gasteiger charge is 2.38. The molecule has 2 N–H and O–H groups in total. The first kappa shape index (κ1) is 16.4. The first-order valence-electron chi connectivity index (χ1n) is 8.07. The van der Waals surface area contributed by atoms with Crippen molar-refractivity contribution in [2.75, 3.05) is 19.6 Å². The van der Waals surface area contributed by atoms with Crippen molar-refractivity contribution < 1.29 is 13.2 Å². The van der Waals surface area contributed by atoms with Crippen molar-refractivity contribution in [2.24, 2.45) is 22.7 Å². The van der Waals surface area contributed by atoms with Crippen LogP contribution < -0.4 is 10.6 Å². The molecule has 2 saturated carbocycles. The summed E-state index contributed by atoms with van der Waals surface area (Å²) in [5.74, 6) is 3.10. The molecule has 3 unspecified atom stereocenters. The second-order valence-corrected chi connectivity index (χ2v) is 6.28. The minimum absolute atomic E-state index is 0.122. The fourth-order valence-electron chi connectivity index (χ4n) is 3.74. The number of hydrogen-bond acceptors (Lipinski definition) is 1. The second-order valence-electron chi connectivity index (χ2n) is 6.28. The Morgan fingerprint density at radius 1 is 1.19 bits per heavy atom. The normalized spacial score (nSPS) is 29.0. The average molecular weight is 305 g/mol. The quantitative estimate of drug-likeness (QED) is 0.583. The van der Waals surface area contributed by atoms with Gasteiger partial charge in [0.05, 0.1) is 6.42 Å². The molecular weight excluding hydrogens is 279 g/mol. The molecule has 2 aliphatic carbocycles. The van der Waals surface area contributed by atoms with E-state index in [-0.39, 0.29) is 6.54 Å². The van der Waals surface area contributed by atoms with Crippen molar-refractivity contribution in [1.82, 2.24) is 10.6 Å². The third-order valence-corrected chi connectivity index (χ3v) is 4.70. The van der Waals surface area contributed by atoms with Gasteiger partial charge in [-0.3, -0.25) is 4.99 Å². The molecule has 0 saturated heterocycles. The van der Waals surface area contributed by atoms with Crippen LogP contribution >= 0.6 is 0 Å². The Bertz CT molecular complexity index is 355. The predicted octanol–water partition coefficient (Wildman–Crippen LogP) is 3.32. The topological polar surface area (TPSA) is 36.4 Å². The number of nitrogens with zero attached hydrogens (tertiary/aromatic N) is 1. The fourth-order valence-corrected chi connectivity index (χ4v) is 3.74. The summed E-state index contributed by atoms with van der Waals surface area (Å²) in [4.78, 5) is 4.41. The highest BCUT2D eigenvalue weighted by atomic mass is 19.4. The average Bonchev–Trinajstić information content (AvgIpc) is 2.99. The van der Waals surface area contributed by atoms with Crippen LogP contribution in [0, 0.1) is 17.8 Å². The maximum Gasteiger partial charge on any atom is 0.390 e. The van der Waals surface area contributed by atoms with Gasteiger partial charge >= 0.3 is 6.18 Å². The van der Waals surface area contributed by atoms with Crippen molar-refractivity contribution in [3.05, 3.63) is 0 Å². The molecule has 2 rings (SSSR count). The Kier molecular flexibility index (Phi) is 5.76. The van der Waals surface area contributed by atoms with Gasteiger partial charge in [-0.05, 0) is 50.4 Å². The second kappa shape index (κ2) is 7.36. The molecular formula is C15H26F3N3. The van der Waals surface area contributed by atoms with Gasteiger partial charge in [0.15, 0.2) is 5.96 Å². The molecule has 3 atom stereocenters. The van der Waals surface area contributed by atoms with Crippen molar-refractivity contribution in [2.45, 2.75) is 51.6 Å². The molecule has 0 aromatic rings. The van der Waals surface area contributed by atoms with Crippen LogP contribution in [0.3, 0.4) is 0 Å². The van der Waals surface area contributed by atoms with E-state index in [0.29, 0.717) is 19.0 Å². The van der Waals surface area contributed by atoms with Gasteiger partial charge in [-0.2, -0.15) is 13.2 Å². The minimum Gasteiger partial charge on any atom is -0.357 e. The zero-order valence-electron chi connectivity index (χ0n) is 12.7. The molecule has 2 fully saturated rings. The molecule has 21 heavy (non-hydrogen) atoms. The Morgan fingerprint density at radius 2 is 2.00 bits per heavy atom. The van der Waals surface area contributed by atoms with Crippen LogP contribution in [0.2, 0.25) is 0 Å². The third kappa shape index (κ3) is 5.40. The lowest BCUT2D eigenvalue weighted by Gasteiger charge is -2.20. The van der Waals surface area contributed by atoms with E-state index in [9.17, 15) is 13.2 Å². The van der Waals surface area contributed by atoms with Crippen LogP contribution in [0.4, 0.5) is 13.2 Å². The van der Waals surface area contributed by atoms with E-state index >= 15 is 0 Å². The van der Waals surface area contributed by atoms with Gasteiger partial charge in [0.2, 0.25) is 0 Å². The number of alkyl halides is 3. The van der Waals surface area contributed by atoms with Crippen molar-refractivity contribution in [3.63, 3.8) is 0 Å². The molecule has 6 heteroatoms. The van der Waals surface area contributed by atoms with Gasteiger partial charge < -0.3 is 10.6 Å². The first-order valence-corrected chi connectivity index (χ1v) is 8.07. The number of rotatable bonds is 6. The number of guanidine groups is 1. The van der Waals surface area contributed by atoms with Crippen LogP contribution in [0.1, 0.15) is 45.4 Å². The summed E-state index contributed by atoms with van der Waals surface area (Å²) in [7, 11) is 0. The highest BCUT2D eigenvalue weighted by Crippen LogP contribution is 2.49. The van der Waals surface area contributed by atoms with Crippen LogP contribution in [-0.2, 0) is 0 Å². The van der Waals surface area contributed by atoms with Gasteiger partial charge in [-0.25, -0.2) is 0 Å². The number of halogens is 3. The zero-order chi connectivity index (χ0) is 15.3. The van der Waals surface area contributed by atoms with E-state index in [2.05, 4.69) is 15.6 Å². The lowest BCUT2D eigenvalue weighted by molar-refractivity contribution is -0.132. The van der Waals surface area contributed by atoms with E-state index in [4.69, 9.17) is 0 Å². The van der Waals surface area contributed by atoms with Gasteiger partial charge in [0.25, 0.3) is 0 Å². The lowest BCUT2D eigenvalue weighted by Crippen LogP contribution is -2.39. The zero-order valence-corrected chi connectivity index (χ0v) is 12.7. The van der Waals surface area contributed by atoms with E-state index in [0.717, 1.165) is 24.2 Å². The molecule has 122 valence electrons. The first-order chi connectivity index (χ1) is 9.98. The number of aliphatic imine (C=N–C) groups is 1. The summed E-state index contributed by atoms with van der Waals surface area (Å²) in [5.41, 5.74) is 0. The summed E-state index contributed by atoms with van der Waals surface area (Å²) >= 11 is 0. The third-order valence-electron chi connectivity index (χ3n) is 4.70. The standard InChI is InChI=1S/C15H26F3N3/c1-2-19-14(21-8-6-15(16,17)18)20-7-5-13-10-11-3-4-12(13)9-11/h11-13H,2-10H2,1H3,(H2,19,20,21). The summed E-state index contributed by atoms with van der Waals surface area (Å²) in [6.07, 6.45) is 1.60. The molecule has 0 aromatic heterocycles. The van der Waals surface area contributed by atoms with Gasteiger partial charge in [-0.1, -0.05) is 6.42 Å². The molecule has 0 spiro atoms. The molecule has 0 radical (unpaired) electrons. The Hall–Kier alpha value is -0.940. The molecule has 0 amide bonds. The Balaban J connectivity index is 1.70. The number of fused-ring (bicyclic) bond motifs is 2. The molecule has 0 aromatic carbocycles. The maximum atomic E-state index is 12.1. The number of nitrogens with one attached hydrogen (secondary N) is 2. The van der Waals surface area contributed by atoms with Crippen LogP contribution in [0.15, 0.2) is 4.99 Å². The van der Waals surface area contributed by atoms with Crippen LogP contribution in [-0.4, -0.2) is 31.8 Å².